The predicted octanol–water partition coefficient (Wildman–Crippen LogP) is 11.0. The summed E-state index contributed by atoms with van der Waals surface area (Å²) < 4.78 is 2.52. The SMILES string of the molecule is C=C(/C=C\CC)P(c1ccccc1)c1ccc2c(c1)C(C)(C)c1ccccc1C21c2ccccc2-n2c3ccccc3c3cccc1c32. The van der Waals surface area contributed by atoms with Gasteiger partial charge in [-0.15, -0.1) is 0 Å². The summed E-state index contributed by atoms with van der Waals surface area (Å²) in [5, 5.41) is 6.47. The summed E-state index contributed by atoms with van der Waals surface area (Å²) in [7, 11) is -0.805. The number of hydrogen-bond acceptors (Lipinski definition) is 0. The highest BCUT2D eigenvalue weighted by Gasteiger charge is 2.52. The van der Waals surface area contributed by atoms with Crippen LogP contribution >= 0.6 is 7.92 Å². The molecule has 0 bridgehead atoms. The van der Waals surface area contributed by atoms with Gasteiger partial charge in [-0.3, -0.25) is 0 Å². The standard InChI is InChI=1S/C46H38NP/c1-5-6-17-31(2)48(32-18-8-7-9-19-32)33-28-29-38-41(30-33)45(3,4)36-22-11-12-23-37(36)46(38)39-24-13-15-27-43(39)47-42-26-14-10-20-34(42)35-21-16-25-40(46)44(35)47/h6-30H,2,5H2,1,3-4H3/b17-6-. The third kappa shape index (κ3) is 3.83. The van der Waals surface area contributed by atoms with Gasteiger partial charge in [-0.2, -0.15) is 0 Å². The van der Waals surface area contributed by atoms with Crippen LogP contribution in [0, 0.1) is 0 Å². The highest BCUT2D eigenvalue weighted by molar-refractivity contribution is 7.77. The van der Waals surface area contributed by atoms with Crippen LogP contribution in [0.25, 0.3) is 27.5 Å². The van der Waals surface area contributed by atoms with Gasteiger partial charge in [0.2, 0.25) is 0 Å². The van der Waals surface area contributed by atoms with Gasteiger partial charge in [0.25, 0.3) is 0 Å². The Bertz CT molecular complexity index is 2440. The van der Waals surface area contributed by atoms with E-state index >= 15 is 0 Å². The summed E-state index contributed by atoms with van der Waals surface area (Å²) in [6, 6.07) is 52.7. The van der Waals surface area contributed by atoms with E-state index in [1.54, 1.807) is 0 Å². The first-order valence-electron chi connectivity index (χ1n) is 17.1. The molecule has 2 heteroatoms. The van der Waals surface area contributed by atoms with Crippen LogP contribution in [0.2, 0.25) is 0 Å². The van der Waals surface area contributed by atoms with E-state index in [2.05, 4.69) is 184 Å². The average Bonchev–Trinajstić information content (AvgIpc) is 3.47. The van der Waals surface area contributed by atoms with Gasteiger partial charge < -0.3 is 4.57 Å². The summed E-state index contributed by atoms with van der Waals surface area (Å²) in [5.41, 5.74) is 11.4. The van der Waals surface area contributed by atoms with E-state index in [-0.39, 0.29) is 5.41 Å². The van der Waals surface area contributed by atoms with Gasteiger partial charge in [0.15, 0.2) is 0 Å². The molecule has 0 saturated heterocycles. The molecule has 232 valence electrons. The average molecular weight is 636 g/mol. The normalized spacial score (nSPS) is 17.7. The molecule has 2 unspecified atom stereocenters. The van der Waals surface area contributed by atoms with E-state index in [0.717, 1.165) is 6.42 Å². The van der Waals surface area contributed by atoms with Gasteiger partial charge in [0, 0.05) is 16.2 Å². The van der Waals surface area contributed by atoms with Gasteiger partial charge in [-0.1, -0.05) is 161 Å². The summed E-state index contributed by atoms with van der Waals surface area (Å²) in [6.45, 7) is 11.7. The molecule has 2 aliphatic rings. The van der Waals surface area contributed by atoms with Crippen molar-refractivity contribution in [3.63, 3.8) is 0 Å². The number of allylic oxidation sites excluding steroid dienone is 3. The van der Waals surface area contributed by atoms with E-state index in [9.17, 15) is 0 Å². The van der Waals surface area contributed by atoms with Gasteiger partial charge in [-0.05, 0) is 81.8 Å². The van der Waals surface area contributed by atoms with Crippen LogP contribution in [0.4, 0.5) is 0 Å². The molecular weight excluding hydrogens is 597 g/mol. The fraction of sp³-hybridized carbons (Fsp3) is 0.130. The maximum absolute atomic E-state index is 4.65. The molecule has 2 atom stereocenters. The van der Waals surface area contributed by atoms with Crippen molar-refractivity contribution in [3.05, 3.63) is 197 Å². The number of benzene rings is 6. The van der Waals surface area contributed by atoms with E-state index in [1.165, 1.54) is 76.8 Å². The Labute approximate surface area is 284 Å². The number of para-hydroxylation sites is 3. The molecular formula is C46H38NP. The first-order valence-corrected chi connectivity index (χ1v) is 18.4. The zero-order valence-corrected chi connectivity index (χ0v) is 28.6. The maximum Gasteiger partial charge on any atom is 0.0748 e. The Balaban J connectivity index is 1.42. The molecule has 9 rings (SSSR count). The van der Waals surface area contributed by atoms with Crippen molar-refractivity contribution in [1.29, 1.82) is 0 Å². The van der Waals surface area contributed by atoms with Crippen LogP contribution in [0.1, 0.15) is 60.6 Å². The van der Waals surface area contributed by atoms with Crippen molar-refractivity contribution in [2.24, 2.45) is 0 Å². The number of nitrogens with zero attached hydrogens (tertiary/aromatic N) is 1. The predicted molar refractivity (Wildman–Crippen MR) is 206 cm³/mol. The molecule has 1 nitrogen and oxygen atoms in total. The molecule has 0 N–H and O–H groups in total. The van der Waals surface area contributed by atoms with E-state index < -0.39 is 13.3 Å². The zero-order chi connectivity index (χ0) is 32.6. The Kier molecular flexibility index (Phi) is 6.55. The Morgan fingerprint density at radius 2 is 1.27 bits per heavy atom. The number of rotatable bonds is 5. The van der Waals surface area contributed by atoms with Crippen LogP contribution in [0.5, 0.6) is 0 Å². The quantitative estimate of drug-likeness (QED) is 0.131. The van der Waals surface area contributed by atoms with Crippen molar-refractivity contribution >= 4 is 40.3 Å². The maximum atomic E-state index is 4.65. The molecule has 1 aromatic heterocycles. The largest absolute Gasteiger partial charge is 0.309 e. The minimum atomic E-state index is -0.805. The van der Waals surface area contributed by atoms with Crippen molar-refractivity contribution in [3.8, 4) is 5.69 Å². The lowest BCUT2D eigenvalue weighted by Gasteiger charge is -2.50. The highest BCUT2D eigenvalue weighted by atomic mass is 31.1. The number of aromatic nitrogens is 1. The Morgan fingerprint density at radius 1 is 0.625 bits per heavy atom. The van der Waals surface area contributed by atoms with E-state index in [1.807, 2.05) is 0 Å². The summed E-state index contributed by atoms with van der Waals surface area (Å²) in [4.78, 5) is 0. The van der Waals surface area contributed by atoms with E-state index in [0.29, 0.717) is 0 Å². The van der Waals surface area contributed by atoms with Crippen molar-refractivity contribution in [1.82, 2.24) is 4.57 Å². The molecule has 0 radical (unpaired) electrons. The lowest BCUT2D eigenvalue weighted by molar-refractivity contribution is 0.557. The lowest BCUT2D eigenvalue weighted by Crippen LogP contribution is -2.44. The lowest BCUT2D eigenvalue weighted by atomic mass is 9.53. The topological polar surface area (TPSA) is 4.93 Å². The Hall–Kier alpha value is -4.97. The van der Waals surface area contributed by atoms with Crippen molar-refractivity contribution in [2.75, 3.05) is 0 Å². The molecule has 48 heavy (non-hydrogen) atoms. The third-order valence-corrected chi connectivity index (χ3v) is 13.2. The smallest absolute Gasteiger partial charge is 0.0748 e. The summed E-state index contributed by atoms with van der Waals surface area (Å²) >= 11 is 0. The molecule has 0 saturated carbocycles. The van der Waals surface area contributed by atoms with Crippen LogP contribution < -0.4 is 10.6 Å². The second-order valence-corrected chi connectivity index (χ2v) is 16.0. The molecule has 1 aliphatic carbocycles. The minimum Gasteiger partial charge on any atom is -0.309 e. The monoisotopic (exact) mass is 635 g/mol. The molecule has 1 spiro atoms. The second kappa shape index (κ2) is 10.8. The van der Waals surface area contributed by atoms with Gasteiger partial charge in [-0.25, -0.2) is 0 Å². The first-order chi connectivity index (χ1) is 23.5. The zero-order valence-electron chi connectivity index (χ0n) is 27.7. The van der Waals surface area contributed by atoms with Crippen LogP contribution in [-0.4, -0.2) is 4.57 Å². The highest BCUT2D eigenvalue weighted by Crippen LogP contribution is 2.60. The first kappa shape index (κ1) is 29.2. The number of fused-ring (bicyclic) bond motifs is 11. The van der Waals surface area contributed by atoms with E-state index in [4.69, 9.17) is 0 Å². The van der Waals surface area contributed by atoms with Crippen LogP contribution in [-0.2, 0) is 10.8 Å². The van der Waals surface area contributed by atoms with Gasteiger partial charge >= 0.3 is 0 Å². The molecule has 7 aromatic rings. The molecule has 1 aliphatic heterocycles. The van der Waals surface area contributed by atoms with Crippen molar-refractivity contribution < 1.29 is 0 Å². The Morgan fingerprint density at radius 3 is 2.08 bits per heavy atom. The minimum absolute atomic E-state index is 0.210. The molecule has 0 fully saturated rings. The van der Waals surface area contributed by atoms with Gasteiger partial charge in [0.1, 0.15) is 0 Å². The fourth-order valence-corrected chi connectivity index (χ4v) is 11.0. The fourth-order valence-electron chi connectivity index (χ4n) is 8.83. The molecule has 2 heterocycles. The molecule has 0 amide bonds. The number of hydrogen-bond donors (Lipinski definition) is 0. The summed E-state index contributed by atoms with van der Waals surface area (Å²) in [5.74, 6) is 0. The second-order valence-electron chi connectivity index (χ2n) is 13.7. The molecule has 6 aromatic carbocycles. The van der Waals surface area contributed by atoms with Gasteiger partial charge in [0.05, 0.1) is 22.1 Å². The summed E-state index contributed by atoms with van der Waals surface area (Å²) in [6.07, 6.45) is 5.49. The van der Waals surface area contributed by atoms with Crippen LogP contribution in [0.3, 0.4) is 0 Å². The van der Waals surface area contributed by atoms with Crippen molar-refractivity contribution in [2.45, 2.75) is 38.0 Å². The van der Waals surface area contributed by atoms with Crippen LogP contribution in [0.15, 0.2) is 164 Å². The third-order valence-electron chi connectivity index (χ3n) is 10.8.